The van der Waals surface area contributed by atoms with Crippen LogP contribution in [0.2, 0.25) is 5.02 Å². The molecule has 2 amide bonds. The maximum absolute atomic E-state index is 12.3. The van der Waals surface area contributed by atoms with Gasteiger partial charge in [0.15, 0.2) is 0 Å². The summed E-state index contributed by atoms with van der Waals surface area (Å²) in [4.78, 5) is 41.8. The molecule has 0 atom stereocenters. The van der Waals surface area contributed by atoms with E-state index in [1.54, 1.807) is 36.4 Å². The Kier molecular flexibility index (Phi) is 3.78. The van der Waals surface area contributed by atoms with E-state index in [0.717, 1.165) is 0 Å². The molecule has 26 heavy (non-hydrogen) atoms. The van der Waals surface area contributed by atoms with E-state index in [2.05, 4.69) is 5.10 Å². The van der Waals surface area contributed by atoms with E-state index >= 15 is 0 Å². The number of benzene rings is 2. The van der Waals surface area contributed by atoms with Crippen LogP contribution in [0.3, 0.4) is 0 Å². The molecule has 7 nitrogen and oxygen atoms in total. The van der Waals surface area contributed by atoms with Crippen molar-refractivity contribution in [1.29, 1.82) is 0 Å². The van der Waals surface area contributed by atoms with E-state index in [-0.39, 0.29) is 16.7 Å². The minimum atomic E-state index is -0.877. The number of amides is 2. The van der Waals surface area contributed by atoms with Crippen molar-refractivity contribution in [3.05, 3.63) is 82.6 Å². The minimum absolute atomic E-state index is 0.0708. The van der Waals surface area contributed by atoms with Crippen molar-refractivity contribution in [2.24, 2.45) is 0 Å². The molecule has 128 valence electrons. The molecule has 0 spiro atoms. The average molecular weight is 368 g/mol. The van der Waals surface area contributed by atoms with E-state index in [0.29, 0.717) is 15.8 Å². The first-order valence-electron chi connectivity index (χ1n) is 7.56. The maximum Gasteiger partial charge on any atom is 0.367 e. The van der Waals surface area contributed by atoms with E-state index in [4.69, 9.17) is 16.4 Å². The first kappa shape index (κ1) is 16.0. The SMILES string of the molecule is O=C(ON1C(=O)c2ccccc2C1=O)c1cnn(-c2ccccc2Cl)c1. The summed E-state index contributed by atoms with van der Waals surface area (Å²) in [6.45, 7) is 0. The molecule has 0 saturated carbocycles. The van der Waals surface area contributed by atoms with Crippen LogP contribution in [0.4, 0.5) is 0 Å². The van der Waals surface area contributed by atoms with Crippen molar-refractivity contribution < 1.29 is 19.2 Å². The van der Waals surface area contributed by atoms with Crippen molar-refractivity contribution in [2.75, 3.05) is 0 Å². The summed E-state index contributed by atoms with van der Waals surface area (Å²) in [5, 5.41) is 4.98. The summed E-state index contributed by atoms with van der Waals surface area (Å²) in [6, 6.07) is 13.2. The number of aromatic nitrogens is 2. The number of carbonyl (C=O) groups is 3. The normalized spacial score (nSPS) is 13.0. The standard InChI is InChI=1S/C18H10ClN3O4/c19-14-7-3-4-8-15(14)21-10-11(9-20-21)18(25)26-22-16(23)12-5-1-2-6-13(12)17(22)24/h1-10H. The van der Waals surface area contributed by atoms with Gasteiger partial charge in [0.25, 0.3) is 11.8 Å². The molecule has 1 aliphatic heterocycles. The largest absolute Gasteiger partial charge is 0.367 e. The zero-order chi connectivity index (χ0) is 18.3. The molecule has 1 aliphatic rings. The quantitative estimate of drug-likeness (QED) is 0.665. The number of rotatable bonds is 3. The second-order valence-electron chi connectivity index (χ2n) is 5.45. The molecule has 0 unspecified atom stereocenters. The first-order chi connectivity index (χ1) is 12.6. The Labute approximate surface area is 152 Å². The third kappa shape index (κ3) is 2.55. The predicted octanol–water partition coefficient (Wildman–Crippen LogP) is 2.89. The monoisotopic (exact) mass is 367 g/mol. The molecule has 2 heterocycles. The van der Waals surface area contributed by atoms with Crippen LogP contribution < -0.4 is 0 Å². The lowest BCUT2D eigenvalue weighted by molar-refractivity contribution is -0.0584. The number of hydrogen-bond acceptors (Lipinski definition) is 5. The Bertz CT molecular complexity index is 1020. The van der Waals surface area contributed by atoms with Crippen LogP contribution in [0, 0.1) is 0 Å². The van der Waals surface area contributed by atoms with Crippen LogP contribution in [0.5, 0.6) is 0 Å². The number of imide groups is 1. The summed E-state index contributed by atoms with van der Waals surface area (Å²) < 4.78 is 1.40. The number of hydrogen-bond donors (Lipinski definition) is 0. The molecule has 0 saturated heterocycles. The lowest BCUT2D eigenvalue weighted by Crippen LogP contribution is -2.32. The molecule has 4 rings (SSSR count). The van der Waals surface area contributed by atoms with Crippen molar-refractivity contribution in [3.8, 4) is 5.69 Å². The van der Waals surface area contributed by atoms with Crippen LogP contribution in [0.25, 0.3) is 5.69 Å². The summed E-state index contributed by atoms with van der Waals surface area (Å²) in [5.41, 5.74) is 1.03. The molecule has 0 aliphatic carbocycles. The predicted molar refractivity (Wildman–Crippen MR) is 90.9 cm³/mol. The second kappa shape index (κ2) is 6.12. The highest BCUT2D eigenvalue weighted by atomic mass is 35.5. The molecular formula is C18H10ClN3O4. The lowest BCUT2D eigenvalue weighted by atomic mass is 10.1. The van der Waals surface area contributed by atoms with Gasteiger partial charge >= 0.3 is 5.97 Å². The average Bonchev–Trinajstić information content (AvgIpc) is 3.23. The highest BCUT2D eigenvalue weighted by molar-refractivity contribution is 6.32. The summed E-state index contributed by atoms with van der Waals surface area (Å²) in [7, 11) is 0. The van der Waals surface area contributed by atoms with Gasteiger partial charge in [0.1, 0.15) is 5.56 Å². The number of halogens is 1. The Morgan fingerprint density at radius 3 is 2.23 bits per heavy atom. The van der Waals surface area contributed by atoms with Gasteiger partial charge < -0.3 is 4.84 Å². The fourth-order valence-electron chi connectivity index (χ4n) is 2.58. The highest BCUT2D eigenvalue weighted by Gasteiger charge is 2.38. The van der Waals surface area contributed by atoms with Crippen LogP contribution in [0.1, 0.15) is 31.1 Å². The summed E-state index contributed by atoms with van der Waals surface area (Å²) in [6.07, 6.45) is 2.67. The summed E-state index contributed by atoms with van der Waals surface area (Å²) >= 11 is 6.10. The third-order valence-electron chi connectivity index (χ3n) is 3.85. The molecule has 0 N–H and O–H groups in total. The molecule has 8 heteroatoms. The molecule has 1 aromatic heterocycles. The molecule has 0 bridgehead atoms. The maximum atomic E-state index is 12.3. The number of nitrogens with zero attached hydrogens (tertiary/aromatic N) is 3. The number of para-hydroxylation sites is 1. The Morgan fingerprint density at radius 2 is 1.58 bits per heavy atom. The Balaban J connectivity index is 1.56. The molecule has 2 aromatic carbocycles. The minimum Gasteiger partial charge on any atom is -0.324 e. The Hall–Kier alpha value is -3.45. The highest BCUT2D eigenvalue weighted by Crippen LogP contribution is 2.24. The summed E-state index contributed by atoms with van der Waals surface area (Å²) in [5.74, 6) is -2.24. The Morgan fingerprint density at radius 1 is 0.962 bits per heavy atom. The number of fused-ring (bicyclic) bond motifs is 1. The zero-order valence-electron chi connectivity index (χ0n) is 13.1. The number of carbonyl (C=O) groups excluding carboxylic acids is 3. The van der Waals surface area contributed by atoms with Gasteiger partial charge in [-0.25, -0.2) is 9.48 Å². The smallest absolute Gasteiger partial charge is 0.324 e. The third-order valence-corrected chi connectivity index (χ3v) is 4.17. The van der Waals surface area contributed by atoms with E-state index < -0.39 is 17.8 Å². The van der Waals surface area contributed by atoms with Crippen LogP contribution in [-0.2, 0) is 4.84 Å². The van der Waals surface area contributed by atoms with E-state index in [1.165, 1.54) is 29.2 Å². The fraction of sp³-hybridized carbons (Fsp3) is 0. The van der Waals surface area contributed by atoms with Gasteiger partial charge in [-0.2, -0.15) is 5.10 Å². The van der Waals surface area contributed by atoms with Crippen LogP contribution in [0.15, 0.2) is 60.9 Å². The van der Waals surface area contributed by atoms with Gasteiger partial charge in [0.2, 0.25) is 0 Å². The lowest BCUT2D eigenvalue weighted by Gasteiger charge is -2.11. The fourth-order valence-corrected chi connectivity index (χ4v) is 2.81. The molecule has 0 radical (unpaired) electrons. The van der Waals surface area contributed by atoms with Crippen LogP contribution >= 0.6 is 11.6 Å². The first-order valence-corrected chi connectivity index (χ1v) is 7.94. The van der Waals surface area contributed by atoms with Gasteiger partial charge in [0.05, 0.1) is 28.0 Å². The van der Waals surface area contributed by atoms with Gasteiger partial charge in [-0.1, -0.05) is 40.9 Å². The van der Waals surface area contributed by atoms with Crippen molar-refractivity contribution in [3.63, 3.8) is 0 Å². The van der Waals surface area contributed by atoms with E-state index in [1.807, 2.05) is 0 Å². The van der Waals surface area contributed by atoms with Crippen molar-refractivity contribution >= 4 is 29.4 Å². The topological polar surface area (TPSA) is 81.5 Å². The molecule has 3 aromatic rings. The van der Waals surface area contributed by atoms with Crippen LogP contribution in [-0.4, -0.2) is 32.6 Å². The van der Waals surface area contributed by atoms with Crippen molar-refractivity contribution in [1.82, 2.24) is 14.8 Å². The second-order valence-corrected chi connectivity index (χ2v) is 5.86. The van der Waals surface area contributed by atoms with Gasteiger partial charge in [0, 0.05) is 6.20 Å². The van der Waals surface area contributed by atoms with Gasteiger partial charge in [-0.3, -0.25) is 9.59 Å². The number of hydroxylamine groups is 2. The van der Waals surface area contributed by atoms with Crippen molar-refractivity contribution in [2.45, 2.75) is 0 Å². The molecular weight excluding hydrogens is 358 g/mol. The van der Waals surface area contributed by atoms with E-state index in [9.17, 15) is 14.4 Å². The van der Waals surface area contributed by atoms with Gasteiger partial charge in [-0.15, -0.1) is 0 Å². The zero-order valence-corrected chi connectivity index (χ0v) is 13.9. The molecule has 0 fully saturated rings. The van der Waals surface area contributed by atoms with Gasteiger partial charge in [-0.05, 0) is 24.3 Å².